The summed E-state index contributed by atoms with van der Waals surface area (Å²) in [5.74, 6) is 0.144. The first-order valence-corrected chi connectivity index (χ1v) is 6.73. The van der Waals surface area contributed by atoms with Crippen LogP contribution in [0.15, 0.2) is 42.5 Å². The molecule has 1 aromatic heterocycles. The van der Waals surface area contributed by atoms with Gasteiger partial charge in [0.05, 0.1) is 11.3 Å². The Morgan fingerprint density at radius 2 is 1.76 bits per heavy atom. The van der Waals surface area contributed by atoms with Crippen molar-refractivity contribution in [3.05, 3.63) is 59.4 Å². The Morgan fingerprint density at radius 3 is 2.48 bits per heavy atom. The average Bonchev–Trinajstić information content (AvgIpc) is 2.79. The zero-order valence-corrected chi connectivity index (χ0v) is 11.9. The number of anilines is 1. The van der Waals surface area contributed by atoms with Crippen molar-refractivity contribution in [3.8, 4) is 22.4 Å². The highest BCUT2D eigenvalue weighted by Gasteiger charge is 2.15. The second-order valence-corrected chi connectivity index (χ2v) is 5.25. The lowest BCUT2D eigenvalue weighted by atomic mass is 9.98. The van der Waals surface area contributed by atoms with Gasteiger partial charge in [0.25, 0.3) is 0 Å². The first-order valence-electron chi connectivity index (χ1n) is 6.73. The summed E-state index contributed by atoms with van der Waals surface area (Å²) in [7, 11) is 0. The van der Waals surface area contributed by atoms with Crippen molar-refractivity contribution in [1.82, 2.24) is 10.2 Å². The van der Waals surface area contributed by atoms with E-state index >= 15 is 0 Å². The number of aryl methyl sites for hydroxylation is 2. The number of hydrogen-bond acceptors (Lipinski definition) is 2. The van der Waals surface area contributed by atoms with Crippen molar-refractivity contribution < 1.29 is 4.39 Å². The maximum atomic E-state index is 13.7. The molecule has 106 valence electrons. The zero-order valence-electron chi connectivity index (χ0n) is 11.9. The molecule has 3 rings (SSSR count). The monoisotopic (exact) mass is 281 g/mol. The number of aromatic nitrogens is 2. The first kappa shape index (κ1) is 13.4. The third-order valence-electron chi connectivity index (χ3n) is 3.43. The molecule has 0 aliphatic carbocycles. The van der Waals surface area contributed by atoms with E-state index in [1.807, 2.05) is 44.2 Å². The number of nitrogens with two attached hydrogens (primary N) is 1. The van der Waals surface area contributed by atoms with Gasteiger partial charge >= 0.3 is 0 Å². The van der Waals surface area contributed by atoms with Crippen molar-refractivity contribution in [2.45, 2.75) is 13.8 Å². The number of halogens is 1. The van der Waals surface area contributed by atoms with E-state index in [1.54, 1.807) is 0 Å². The molecule has 0 aliphatic heterocycles. The molecule has 3 N–H and O–H groups in total. The molecular weight excluding hydrogens is 265 g/mol. The minimum Gasteiger partial charge on any atom is -0.382 e. The molecule has 0 spiro atoms. The molecule has 0 aliphatic rings. The highest BCUT2D eigenvalue weighted by atomic mass is 19.1. The zero-order chi connectivity index (χ0) is 15.0. The summed E-state index contributed by atoms with van der Waals surface area (Å²) in [5.41, 5.74) is 11.2. The Labute approximate surface area is 122 Å². The van der Waals surface area contributed by atoms with Crippen LogP contribution in [-0.4, -0.2) is 10.2 Å². The van der Waals surface area contributed by atoms with Crippen LogP contribution in [0.4, 0.5) is 10.2 Å². The van der Waals surface area contributed by atoms with Crippen molar-refractivity contribution in [1.29, 1.82) is 0 Å². The van der Waals surface area contributed by atoms with Gasteiger partial charge in [-0.3, -0.25) is 5.10 Å². The Balaban J connectivity index is 2.21. The summed E-state index contributed by atoms with van der Waals surface area (Å²) < 4.78 is 13.7. The molecule has 21 heavy (non-hydrogen) atoms. The van der Waals surface area contributed by atoms with E-state index in [2.05, 4.69) is 10.2 Å². The fourth-order valence-electron chi connectivity index (χ4n) is 2.54. The van der Waals surface area contributed by atoms with E-state index < -0.39 is 0 Å². The minimum absolute atomic E-state index is 0.270. The van der Waals surface area contributed by atoms with Crippen molar-refractivity contribution in [2.24, 2.45) is 0 Å². The highest BCUT2D eigenvalue weighted by molar-refractivity contribution is 5.88. The van der Waals surface area contributed by atoms with E-state index in [0.29, 0.717) is 5.82 Å². The Hall–Kier alpha value is -2.62. The van der Waals surface area contributed by atoms with Gasteiger partial charge in [0.1, 0.15) is 5.82 Å². The number of aromatic amines is 1. The highest BCUT2D eigenvalue weighted by Crippen LogP contribution is 2.35. The van der Waals surface area contributed by atoms with Gasteiger partial charge < -0.3 is 5.73 Å². The largest absolute Gasteiger partial charge is 0.382 e. The predicted octanol–water partition coefficient (Wildman–Crippen LogP) is 4.08. The quantitative estimate of drug-likeness (QED) is 0.743. The number of H-pyrrole nitrogens is 1. The fourth-order valence-corrected chi connectivity index (χ4v) is 2.54. The molecular formula is C17H16FN3. The van der Waals surface area contributed by atoms with Crippen LogP contribution in [0.25, 0.3) is 22.4 Å². The summed E-state index contributed by atoms with van der Waals surface area (Å²) in [5, 5.41) is 7.01. The Morgan fingerprint density at radius 1 is 1.00 bits per heavy atom. The molecule has 0 fully saturated rings. The molecule has 0 radical (unpaired) electrons. The summed E-state index contributed by atoms with van der Waals surface area (Å²) in [6, 6.07) is 12.9. The topological polar surface area (TPSA) is 54.7 Å². The molecule has 0 saturated carbocycles. The van der Waals surface area contributed by atoms with Crippen LogP contribution < -0.4 is 5.73 Å². The van der Waals surface area contributed by atoms with Crippen LogP contribution in [-0.2, 0) is 0 Å². The Kier molecular flexibility index (Phi) is 3.22. The van der Waals surface area contributed by atoms with Gasteiger partial charge in [0.2, 0.25) is 0 Å². The lowest BCUT2D eigenvalue weighted by Crippen LogP contribution is -1.90. The van der Waals surface area contributed by atoms with Crippen molar-refractivity contribution in [2.75, 3.05) is 5.73 Å². The van der Waals surface area contributed by atoms with E-state index in [-0.39, 0.29) is 5.82 Å². The van der Waals surface area contributed by atoms with Crippen LogP contribution in [0.3, 0.4) is 0 Å². The number of nitrogens with zero attached hydrogens (tertiary/aromatic N) is 1. The SMILES string of the molecule is Cc1cc(F)cc(-c2[nH]nc(N)c2-c2cccc(C)c2)c1. The van der Waals surface area contributed by atoms with E-state index in [9.17, 15) is 4.39 Å². The number of nitrogen functional groups attached to an aromatic ring is 1. The summed E-state index contributed by atoms with van der Waals surface area (Å²) in [4.78, 5) is 0. The normalized spacial score (nSPS) is 10.8. The molecule has 0 saturated heterocycles. The smallest absolute Gasteiger partial charge is 0.153 e. The van der Waals surface area contributed by atoms with Crippen LogP contribution >= 0.6 is 0 Å². The van der Waals surface area contributed by atoms with Crippen molar-refractivity contribution in [3.63, 3.8) is 0 Å². The maximum Gasteiger partial charge on any atom is 0.153 e. The van der Waals surface area contributed by atoms with Gasteiger partial charge in [-0.05, 0) is 43.2 Å². The van der Waals surface area contributed by atoms with E-state index in [0.717, 1.165) is 33.5 Å². The molecule has 0 amide bonds. The van der Waals surface area contributed by atoms with Crippen LogP contribution in [0, 0.1) is 19.7 Å². The molecule has 3 aromatic rings. The van der Waals surface area contributed by atoms with E-state index in [1.165, 1.54) is 12.1 Å². The third-order valence-corrected chi connectivity index (χ3v) is 3.43. The second kappa shape index (κ2) is 5.05. The van der Waals surface area contributed by atoms with Gasteiger partial charge in [-0.25, -0.2) is 4.39 Å². The lowest BCUT2D eigenvalue weighted by Gasteiger charge is -2.07. The molecule has 0 bridgehead atoms. The molecule has 4 heteroatoms. The van der Waals surface area contributed by atoms with Gasteiger partial charge in [0.15, 0.2) is 5.82 Å². The summed E-state index contributed by atoms with van der Waals surface area (Å²) in [6.45, 7) is 3.88. The molecule has 0 atom stereocenters. The number of hydrogen-bond donors (Lipinski definition) is 2. The Bertz CT molecular complexity index is 785. The predicted molar refractivity (Wildman–Crippen MR) is 83.3 cm³/mol. The number of nitrogens with one attached hydrogen (secondary N) is 1. The van der Waals surface area contributed by atoms with Crippen LogP contribution in [0.2, 0.25) is 0 Å². The van der Waals surface area contributed by atoms with Gasteiger partial charge in [0, 0.05) is 5.56 Å². The first-order chi connectivity index (χ1) is 10.0. The molecule has 3 nitrogen and oxygen atoms in total. The average molecular weight is 281 g/mol. The van der Waals surface area contributed by atoms with Crippen molar-refractivity contribution >= 4 is 5.82 Å². The van der Waals surface area contributed by atoms with Crippen LogP contribution in [0.1, 0.15) is 11.1 Å². The number of rotatable bonds is 2. The van der Waals surface area contributed by atoms with Gasteiger partial charge in [-0.2, -0.15) is 5.10 Å². The third kappa shape index (κ3) is 2.52. The molecule has 0 unspecified atom stereocenters. The van der Waals surface area contributed by atoms with Gasteiger partial charge in [-0.1, -0.05) is 29.8 Å². The van der Waals surface area contributed by atoms with Crippen LogP contribution in [0.5, 0.6) is 0 Å². The fraction of sp³-hybridized carbons (Fsp3) is 0.118. The number of benzene rings is 2. The molecule has 1 heterocycles. The standard InChI is InChI=1S/C17H16FN3/c1-10-4-3-5-12(6-10)15-16(20-21-17(15)19)13-7-11(2)8-14(18)9-13/h3-9H,1-2H3,(H3,19,20,21). The maximum absolute atomic E-state index is 13.7. The second-order valence-electron chi connectivity index (χ2n) is 5.25. The van der Waals surface area contributed by atoms with E-state index in [4.69, 9.17) is 5.73 Å². The summed E-state index contributed by atoms with van der Waals surface area (Å²) in [6.07, 6.45) is 0. The lowest BCUT2D eigenvalue weighted by molar-refractivity contribution is 0.627. The van der Waals surface area contributed by atoms with Gasteiger partial charge in [-0.15, -0.1) is 0 Å². The minimum atomic E-state index is -0.270. The molecule has 2 aromatic carbocycles. The summed E-state index contributed by atoms with van der Waals surface area (Å²) >= 11 is 0.